The van der Waals surface area contributed by atoms with Crippen LogP contribution in [0, 0.1) is 17.8 Å². The number of anilines is 1. The van der Waals surface area contributed by atoms with Crippen molar-refractivity contribution in [3.8, 4) is 0 Å². The molecule has 3 heteroatoms. The molecule has 2 aromatic carbocycles. The van der Waals surface area contributed by atoms with E-state index in [1.807, 2.05) is 12.1 Å². The number of amides is 1. The Labute approximate surface area is 126 Å². The standard InChI is InChI=1S/C17H16BrNO/c18-15-3-1-11-9-16(4-2-10(11)8-15)19-17(20)14-6-12-5-13(12)7-14/h1-4,8-9,12-14H,5-7H2,(H,19,20). The molecule has 2 aliphatic rings. The van der Waals surface area contributed by atoms with E-state index in [4.69, 9.17) is 0 Å². The molecule has 0 bridgehead atoms. The molecule has 0 saturated heterocycles. The number of nitrogens with one attached hydrogen (secondary N) is 1. The molecule has 0 radical (unpaired) electrons. The minimum atomic E-state index is 0.202. The summed E-state index contributed by atoms with van der Waals surface area (Å²) < 4.78 is 1.08. The minimum absolute atomic E-state index is 0.202. The van der Waals surface area contributed by atoms with Gasteiger partial charge in [0.05, 0.1) is 0 Å². The van der Waals surface area contributed by atoms with Crippen molar-refractivity contribution in [3.63, 3.8) is 0 Å². The number of halogens is 1. The van der Waals surface area contributed by atoms with Gasteiger partial charge in [0.1, 0.15) is 0 Å². The maximum Gasteiger partial charge on any atom is 0.227 e. The Morgan fingerprint density at radius 2 is 1.70 bits per heavy atom. The van der Waals surface area contributed by atoms with Gasteiger partial charge >= 0.3 is 0 Å². The average Bonchev–Trinajstić information content (AvgIpc) is 3.05. The van der Waals surface area contributed by atoms with Crippen molar-refractivity contribution in [2.24, 2.45) is 17.8 Å². The summed E-state index contributed by atoms with van der Waals surface area (Å²) in [7, 11) is 0. The monoisotopic (exact) mass is 329 g/mol. The molecule has 2 nitrogen and oxygen atoms in total. The molecule has 1 amide bonds. The van der Waals surface area contributed by atoms with E-state index < -0.39 is 0 Å². The molecule has 2 atom stereocenters. The Morgan fingerprint density at radius 1 is 1.00 bits per heavy atom. The molecular formula is C17H16BrNO. The summed E-state index contributed by atoms with van der Waals surface area (Å²) >= 11 is 3.48. The van der Waals surface area contributed by atoms with E-state index in [0.717, 1.165) is 40.2 Å². The first kappa shape index (κ1) is 12.4. The van der Waals surface area contributed by atoms with Crippen LogP contribution in [0.2, 0.25) is 0 Å². The van der Waals surface area contributed by atoms with E-state index in [2.05, 4.69) is 45.5 Å². The van der Waals surface area contributed by atoms with Crippen molar-refractivity contribution >= 4 is 38.3 Å². The molecule has 102 valence electrons. The van der Waals surface area contributed by atoms with Crippen molar-refractivity contribution in [1.29, 1.82) is 0 Å². The number of benzene rings is 2. The Balaban J connectivity index is 1.53. The highest BCUT2D eigenvalue weighted by atomic mass is 79.9. The lowest BCUT2D eigenvalue weighted by atomic mass is 10.0. The van der Waals surface area contributed by atoms with Crippen LogP contribution >= 0.6 is 15.9 Å². The normalized spacial score (nSPS) is 27.4. The summed E-state index contributed by atoms with van der Waals surface area (Å²) in [5, 5.41) is 5.41. The third-order valence-corrected chi connectivity index (χ3v) is 5.18. The van der Waals surface area contributed by atoms with E-state index >= 15 is 0 Å². The molecule has 2 aromatic rings. The number of carbonyl (C=O) groups excluding carboxylic acids is 1. The van der Waals surface area contributed by atoms with Gasteiger partial charge in [0, 0.05) is 16.1 Å². The van der Waals surface area contributed by atoms with Crippen molar-refractivity contribution in [2.45, 2.75) is 19.3 Å². The zero-order valence-electron chi connectivity index (χ0n) is 11.1. The third kappa shape index (κ3) is 2.24. The molecular weight excluding hydrogens is 314 g/mol. The average molecular weight is 330 g/mol. The highest BCUT2D eigenvalue weighted by Gasteiger charge is 2.47. The van der Waals surface area contributed by atoms with Gasteiger partial charge in [-0.15, -0.1) is 0 Å². The predicted octanol–water partition coefficient (Wildman–Crippen LogP) is 4.59. The lowest BCUT2D eigenvalue weighted by Crippen LogP contribution is -2.21. The first-order chi connectivity index (χ1) is 9.69. The maximum absolute atomic E-state index is 12.3. The molecule has 2 saturated carbocycles. The molecule has 0 aromatic heterocycles. The van der Waals surface area contributed by atoms with Crippen LogP contribution in [-0.2, 0) is 4.79 Å². The minimum Gasteiger partial charge on any atom is -0.326 e. The molecule has 1 N–H and O–H groups in total. The number of hydrogen-bond donors (Lipinski definition) is 1. The van der Waals surface area contributed by atoms with Gasteiger partial charge in [-0.05, 0) is 66.1 Å². The molecule has 0 aliphatic heterocycles. The number of rotatable bonds is 2. The van der Waals surface area contributed by atoms with Gasteiger partial charge in [-0.2, -0.15) is 0 Å². The number of hydrogen-bond acceptors (Lipinski definition) is 1. The van der Waals surface area contributed by atoms with Crippen LogP contribution in [0.4, 0.5) is 5.69 Å². The van der Waals surface area contributed by atoms with Crippen LogP contribution in [0.25, 0.3) is 10.8 Å². The Kier molecular flexibility index (Phi) is 2.84. The summed E-state index contributed by atoms with van der Waals surface area (Å²) in [5.41, 5.74) is 0.908. The van der Waals surface area contributed by atoms with Crippen LogP contribution < -0.4 is 5.32 Å². The van der Waals surface area contributed by atoms with E-state index in [1.165, 1.54) is 11.8 Å². The fourth-order valence-corrected chi connectivity index (χ4v) is 3.85. The first-order valence-electron chi connectivity index (χ1n) is 7.19. The van der Waals surface area contributed by atoms with Gasteiger partial charge in [0.25, 0.3) is 0 Å². The SMILES string of the molecule is O=C(Nc1ccc2cc(Br)ccc2c1)C1CC2CC2C1. The van der Waals surface area contributed by atoms with Crippen LogP contribution in [0.5, 0.6) is 0 Å². The lowest BCUT2D eigenvalue weighted by molar-refractivity contribution is -0.120. The molecule has 0 spiro atoms. The zero-order chi connectivity index (χ0) is 13.7. The van der Waals surface area contributed by atoms with Crippen molar-refractivity contribution in [1.82, 2.24) is 0 Å². The van der Waals surface area contributed by atoms with E-state index in [-0.39, 0.29) is 11.8 Å². The van der Waals surface area contributed by atoms with E-state index in [9.17, 15) is 4.79 Å². The van der Waals surface area contributed by atoms with Gasteiger partial charge in [-0.25, -0.2) is 0 Å². The molecule has 0 heterocycles. The fraction of sp³-hybridized carbons (Fsp3) is 0.353. The highest BCUT2D eigenvalue weighted by Crippen LogP contribution is 2.54. The van der Waals surface area contributed by atoms with E-state index in [1.54, 1.807) is 0 Å². The number of fused-ring (bicyclic) bond motifs is 2. The summed E-state index contributed by atoms with van der Waals surface area (Å²) in [6.07, 6.45) is 3.54. The molecule has 2 unspecified atom stereocenters. The Hall–Kier alpha value is -1.35. The van der Waals surface area contributed by atoms with Gasteiger partial charge in [-0.3, -0.25) is 4.79 Å². The Bertz CT molecular complexity index is 686. The third-order valence-electron chi connectivity index (χ3n) is 4.68. The van der Waals surface area contributed by atoms with Gasteiger partial charge in [0.15, 0.2) is 0 Å². The van der Waals surface area contributed by atoms with Crippen LogP contribution in [0.3, 0.4) is 0 Å². The highest BCUT2D eigenvalue weighted by molar-refractivity contribution is 9.10. The second-order valence-electron chi connectivity index (χ2n) is 6.12. The first-order valence-corrected chi connectivity index (χ1v) is 7.98. The van der Waals surface area contributed by atoms with Gasteiger partial charge in [-0.1, -0.05) is 28.1 Å². The smallest absolute Gasteiger partial charge is 0.227 e. The summed E-state index contributed by atoms with van der Waals surface area (Å²) in [6, 6.07) is 12.3. The molecule has 20 heavy (non-hydrogen) atoms. The fourth-order valence-electron chi connectivity index (χ4n) is 3.47. The Morgan fingerprint density at radius 3 is 2.50 bits per heavy atom. The molecule has 2 aliphatic carbocycles. The van der Waals surface area contributed by atoms with Crippen LogP contribution in [0.15, 0.2) is 40.9 Å². The lowest BCUT2D eigenvalue weighted by Gasteiger charge is -2.12. The topological polar surface area (TPSA) is 29.1 Å². The second-order valence-corrected chi connectivity index (χ2v) is 7.04. The molecule has 4 rings (SSSR count). The predicted molar refractivity (Wildman–Crippen MR) is 84.6 cm³/mol. The quantitative estimate of drug-likeness (QED) is 0.857. The summed E-state index contributed by atoms with van der Waals surface area (Å²) in [6.45, 7) is 0. The van der Waals surface area contributed by atoms with Crippen LogP contribution in [-0.4, -0.2) is 5.91 Å². The van der Waals surface area contributed by atoms with Crippen LogP contribution in [0.1, 0.15) is 19.3 Å². The van der Waals surface area contributed by atoms with Crippen molar-refractivity contribution < 1.29 is 4.79 Å². The van der Waals surface area contributed by atoms with Crippen molar-refractivity contribution in [3.05, 3.63) is 40.9 Å². The number of carbonyl (C=O) groups is 1. The largest absolute Gasteiger partial charge is 0.326 e. The maximum atomic E-state index is 12.3. The van der Waals surface area contributed by atoms with Gasteiger partial charge in [0.2, 0.25) is 5.91 Å². The molecule has 2 fully saturated rings. The van der Waals surface area contributed by atoms with Crippen molar-refractivity contribution in [2.75, 3.05) is 5.32 Å². The zero-order valence-corrected chi connectivity index (χ0v) is 12.7. The van der Waals surface area contributed by atoms with Gasteiger partial charge < -0.3 is 5.32 Å². The summed E-state index contributed by atoms with van der Waals surface area (Å²) in [4.78, 5) is 12.3. The second kappa shape index (κ2) is 4.59. The summed E-state index contributed by atoms with van der Waals surface area (Å²) in [5.74, 6) is 2.13. The van der Waals surface area contributed by atoms with E-state index in [0.29, 0.717) is 0 Å².